The Morgan fingerprint density at radius 2 is 1.61 bits per heavy atom. The second-order valence-electron chi connectivity index (χ2n) is 7.94. The molecule has 0 aliphatic heterocycles. The molecule has 0 radical (unpaired) electrons. The molecule has 2 amide bonds. The van der Waals surface area contributed by atoms with E-state index in [0.29, 0.717) is 0 Å². The predicted molar refractivity (Wildman–Crippen MR) is 139 cm³/mol. The molecular formula is C26H28ClN3O5S. The maximum absolute atomic E-state index is 13.8. The van der Waals surface area contributed by atoms with Gasteiger partial charge in [-0.05, 0) is 42.8 Å². The van der Waals surface area contributed by atoms with Crippen molar-refractivity contribution in [3.8, 4) is 5.75 Å². The largest absolute Gasteiger partial charge is 0.495 e. The van der Waals surface area contributed by atoms with E-state index in [9.17, 15) is 18.0 Å². The summed E-state index contributed by atoms with van der Waals surface area (Å²) < 4.78 is 33.9. The number of hydrogen-bond acceptors (Lipinski definition) is 5. The molecule has 0 unspecified atom stereocenters. The summed E-state index contributed by atoms with van der Waals surface area (Å²) in [6, 6.07) is 20.6. The van der Waals surface area contributed by atoms with Crippen molar-refractivity contribution in [3.63, 3.8) is 0 Å². The third kappa shape index (κ3) is 6.16. The van der Waals surface area contributed by atoms with Crippen molar-refractivity contribution in [3.05, 3.63) is 89.4 Å². The first-order valence-corrected chi connectivity index (χ1v) is 13.0. The fourth-order valence-corrected chi connectivity index (χ4v) is 5.27. The highest BCUT2D eigenvalue weighted by molar-refractivity contribution is 7.92. The zero-order valence-electron chi connectivity index (χ0n) is 20.2. The van der Waals surface area contributed by atoms with Crippen LogP contribution in [-0.2, 0) is 26.2 Å². The molecule has 0 aromatic heterocycles. The zero-order valence-corrected chi connectivity index (χ0v) is 21.8. The van der Waals surface area contributed by atoms with Gasteiger partial charge < -0.3 is 15.0 Å². The van der Waals surface area contributed by atoms with Crippen molar-refractivity contribution >= 4 is 39.1 Å². The monoisotopic (exact) mass is 529 g/mol. The molecule has 36 heavy (non-hydrogen) atoms. The van der Waals surface area contributed by atoms with Gasteiger partial charge >= 0.3 is 0 Å². The van der Waals surface area contributed by atoms with Crippen LogP contribution in [0.2, 0.25) is 5.02 Å². The van der Waals surface area contributed by atoms with Gasteiger partial charge in [-0.15, -0.1) is 0 Å². The smallest absolute Gasteiger partial charge is 0.264 e. The number of sulfonamides is 1. The molecule has 0 spiro atoms. The second-order valence-corrected chi connectivity index (χ2v) is 10.2. The minimum absolute atomic E-state index is 0.00575. The minimum Gasteiger partial charge on any atom is -0.495 e. The van der Waals surface area contributed by atoms with E-state index in [4.69, 9.17) is 16.3 Å². The van der Waals surface area contributed by atoms with E-state index in [0.717, 1.165) is 9.87 Å². The number of methoxy groups -OCH3 is 1. The Labute approximate surface area is 216 Å². The average molecular weight is 530 g/mol. The van der Waals surface area contributed by atoms with Gasteiger partial charge in [0.15, 0.2) is 0 Å². The molecule has 0 saturated carbocycles. The first kappa shape index (κ1) is 27.0. The topological polar surface area (TPSA) is 96.0 Å². The third-order valence-electron chi connectivity index (χ3n) is 5.63. The number of anilines is 1. The van der Waals surface area contributed by atoms with Crippen LogP contribution in [0.25, 0.3) is 0 Å². The van der Waals surface area contributed by atoms with Crippen LogP contribution in [0.15, 0.2) is 83.8 Å². The molecule has 0 heterocycles. The lowest BCUT2D eigenvalue weighted by Crippen LogP contribution is -2.50. The van der Waals surface area contributed by atoms with Gasteiger partial charge in [0.2, 0.25) is 11.8 Å². The molecule has 0 aliphatic carbocycles. The van der Waals surface area contributed by atoms with Crippen LogP contribution in [0.5, 0.6) is 5.75 Å². The van der Waals surface area contributed by atoms with Gasteiger partial charge in [0.05, 0.1) is 17.7 Å². The SMILES string of the molecule is CNC(=O)[C@H](C)N(Cc1ccccc1)C(=O)CN(c1cc(Cl)ccc1OC)S(=O)(=O)c1ccccc1. The maximum atomic E-state index is 13.8. The molecule has 0 fully saturated rings. The van der Waals surface area contributed by atoms with Gasteiger partial charge in [0, 0.05) is 18.6 Å². The summed E-state index contributed by atoms with van der Waals surface area (Å²) in [4.78, 5) is 27.6. The molecular weight excluding hydrogens is 502 g/mol. The standard InChI is InChI=1S/C26H28ClN3O5S/c1-19(26(32)28-2)29(17-20-10-6-4-7-11-20)25(31)18-30(23-16-21(27)14-15-24(23)35-3)36(33,34)22-12-8-5-9-13-22/h4-16,19H,17-18H2,1-3H3,(H,28,32)/t19-/m0/s1. The first-order chi connectivity index (χ1) is 17.2. The van der Waals surface area contributed by atoms with Gasteiger partial charge in [-0.25, -0.2) is 8.42 Å². The van der Waals surface area contributed by atoms with Gasteiger partial charge in [0.1, 0.15) is 18.3 Å². The van der Waals surface area contributed by atoms with Crippen molar-refractivity contribution < 1.29 is 22.7 Å². The van der Waals surface area contributed by atoms with Gasteiger partial charge in [-0.3, -0.25) is 13.9 Å². The van der Waals surface area contributed by atoms with Crippen molar-refractivity contribution in [2.24, 2.45) is 0 Å². The number of ether oxygens (including phenoxy) is 1. The Balaban J connectivity index is 2.09. The molecule has 1 N–H and O–H groups in total. The van der Waals surface area contributed by atoms with Gasteiger partial charge in [-0.2, -0.15) is 0 Å². The van der Waals surface area contributed by atoms with E-state index in [1.807, 2.05) is 30.3 Å². The van der Waals surface area contributed by atoms with E-state index < -0.39 is 28.5 Å². The minimum atomic E-state index is -4.21. The molecule has 0 bridgehead atoms. The number of benzene rings is 3. The fraction of sp³-hybridized carbons (Fsp3) is 0.231. The highest BCUT2D eigenvalue weighted by atomic mass is 35.5. The van der Waals surface area contributed by atoms with Crippen molar-refractivity contribution in [2.75, 3.05) is 25.0 Å². The van der Waals surface area contributed by atoms with Crippen molar-refractivity contribution in [1.82, 2.24) is 10.2 Å². The molecule has 0 saturated heterocycles. The predicted octanol–water partition coefficient (Wildman–Crippen LogP) is 3.71. The lowest BCUT2D eigenvalue weighted by molar-refractivity contribution is -0.139. The summed E-state index contributed by atoms with van der Waals surface area (Å²) >= 11 is 6.21. The van der Waals surface area contributed by atoms with Crippen molar-refractivity contribution in [2.45, 2.75) is 24.4 Å². The van der Waals surface area contributed by atoms with Crippen LogP contribution in [0.1, 0.15) is 12.5 Å². The quantitative estimate of drug-likeness (QED) is 0.432. The second kappa shape index (κ2) is 11.9. The van der Waals surface area contributed by atoms with E-state index in [1.54, 1.807) is 31.2 Å². The summed E-state index contributed by atoms with van der Waals surface area (Å²) in [6.45, 7) is 1.12. The molecule has 3 aromatic rings. The van der Waals surface area contributed by atoms with Gasteiger partial charge in [0.25, 0.3) is 10.0 Å². The summed E-state index contributed by atoms with van der Waals surface area (Å²) in [7, 11) is -1.33. The summed E-state index contributed by atoms with van der Waals surface area (Å²) in [5, 5.41) is 2.82. The number of hydrogen-bond donors (Lipinski definition) is 1. The Morgan fingerprint density at radius 1 is 1.00 bits per heavy atom. The molecule has 190 valence electrons. The number of carbonyl (C=O) groups excluding carboxylic acids is 2. The van der Waals surface area contributed by atoms with Crippen LogP contribution in [-0.4, -0.2) is 51.9 Å². The van der Waals surface area contributed by atoms with Crippen molar-refractivity contribution in [1.29, 1.82) is 0 Å². The number of amides is 2. The van der Waals surface area contributed by atoms with E-state index in [1.165, 1.54) is 43.3 Å². The van der Waals surface area contributed by atoms with Crippen LogP contribution in [0.4, 0.5) is 5.69 Å². The molecule has 3 aromatic carbocycles. The number of likely N-dealkylation sites (N-methyl/N-ethyl adjacent to an activating group) is 1. The number of rotatable bonds is 10. The van der Waals surface area contributed by atoms with E-state index in [-0.39, 0.29) is 33.8 Å². The van der Waals surface area contributed by atoms with Crippen LogP contribution < -0.4 is 14.4 Å². The number of nitrogens with zero attached hydrogens (tertiary/aromatic N) is 2. The highest BCUT2D eigenvalue weighted by Crippen LogP contribution is 2.35. The molecule has 1 atom stereocenters. The highest BCUT2D eigenvalue weighted by Gasteiger charge is 2.33. The number of halogens is 1. The molecule has 10 heteroatoms. The first-order valence-electron chi connectivity index (χ1n) is 11.2. The number of carbonyl (C=O) groups is 2. The Kier molecular flexibility index (Phi) is 8.95. The summed E-state index contributed by atoms with van der Waals surface area (Å²) in [6.07, 6.45) is 0. The number of nitrogens with one attached hydrogen (secondary N) is 1. The third-order valence-corrected chi connectivity index (χ3v) is 7.64. The molecule has 0 aliphatic rings. The average Bonchev–Trinajstić information content (AvgIpc) is 2.90. The lowest BCUT2D eigenvalue weighted by atomic mass is 10.1. The van der Waals surface area contributed by atoms with Crippen LogP contribution in [0, 0.1) is 0 Å². The Morgan fingerprint density at radius 3 is 2.19 bits per heavy atom. The molecule has 3 rings (SSSR count). The normalized spacial score (nSPS) is 11.9. The summed E-state index contributed by atoms with van der Waals surface area (Å²) in [5.74, 6) is -0.728. The van der Waals surface area contributed by atoms with E-state index >= 15 is 0 Å². The zero-order chi connectivity index (χ0) is 26.3. The van der Waals surface area contributed by atoms with Crippen LogP contribution >= 0.6 is 11.6 Å². The molecule has 8 nitrogen and oxygen atoms in total. The van der Waals surface area contributed by atoms with Crippen LogP contribution in [0.3, 0.4) is 0 Å². The summed E-state index contributed by atoms with van der Waals surface area (Å²) in [5.41, 5.74) is 0.897. The Hall–Kier alpha value is -3.56. The maximum Gasteiger partial charge on any atom is 0.264 e. The fourth-order valence-electron chi connectivity index (χ4n) is 3.66. The Bertz CT molecular complexity index is 1300. The van der Waals surface area contributed by atoms with E-state index in [2.05, 4.69) is 5.32 Å². The van der Waals surface area contributed by atoms with Gasteiger partial charge in [-0.1, -0.05) is 60.1 Å². The lowest BCUT2D eigenvalue weighted by Gasteiger charge is -2.32.